The number of allylic oxidation sites excluding steroid dienone is 18. The molecule has 1 atom stereocenters. The van der Waals surface area contributed by atoms with Crippen molar-refractivity contribution in [3.8, 4) is 0 Å². The van der Waals surface area contributed by atoms with E-state index in [0.717, 1.165) is 96.3 Å². The zero-order chi connectivity index (χ0) is 68.3. The van der Waals surface area contributed by atoms with Crippen LogP contribution >= 0.6 is 0 Å². The highest BCUT2D eigenvalue weighted by atomic mass is 16.6. The van der Waals surface area contributed by atoms with Gasteiger partial charge in [0.1, 0.15) is 6.61 Å². The fourth-order valence-electron chi connectivity index (χ4n) is 12.6. The molecule has 0 heterocycles. The van der Waals surface area contributed by atoms with Crippen molar-refractivity contribution in [2.45, 2.75) is 437 Å². The van der Waals surface area contributed by atoms with Gasteiger partial charge in [-0.25, -0.2) is 0 Å². The summed E-state index contributed by atoms with van der Waals surface area (Å²) in [5.74, 6) is -0.575. The van der Waals surface area contributed by atoms with Crippen LogP contribution in [0.25, 0.3) is 0 Å². The van der Waals surface area contributed by atoms with Crippen LogP contribution in [0.1, 0.15) is 431 Å². The van der Waals surface area contributed by atoms with Crippen molar-refractivity contribution in [1.29, 1.82) is 0 Å². The molecule has 0 amide bonds. The van der Waals surface area contributed by atoms with Crippen LogP contribution in [-0.2, 0) is 19.1 Å². The number of esters is 2. The van der Waals surface area contributed by atoms with Crippen LogP contribution < -0.4 is 0 Å². The summed E-state index contributed by atoms with van der Waals surface area (Å²) in [7, 11) is 0. The Morgan fingerprint density at radius 2 is 0.453 bits per heavy atom. The topological polar surface area (TPSA) is 72.8 Å². The normalized spacial score (nSPS) is 12.7. The molecule has 5 nitrogen and oxygen atoms in total. The van der Waals surface area contributed by atoms with Crippen molar-refractivity contribution < 1.29 is 24.2 Å². The minimum atomic E-state index is -0.778. The van der Waals surface area contributed by atoms with Gasteiger partial charge in [0.25, 0.3) is 0 Å². The lowest BCUT2D eigenvalue weighted by atomic mass is 10.0. The number of carbonyl (C=O) groups is 2. The predicted octanol–water partition coefficient (Wildman–Crippen LogP) is 29.8. The van der Waals surface area contributed by atoms with E-state index in [4.69, 9.17) is 9.47 Å². The molecular weight excluding hydrogens is 1160 g/mol. The van der Waals surface area contributed by atoms with E-state index in [1.807, 2.05) is 0 Å². The van der Waals surface area contributed by atoms with Gasteiger partial charge >= 0.3 is 11.9 Å². The van der Waals surface area contributed by atoms with Crippen LogP contribution in [0.4, 0.5) is 0 Å². The van der Waals surface area contributed by atoms with E-state index >= 15 is 0 Å². The molecular formula is C90H160O5. The fourth-order valence-corrected chi connectivity index (χ4v) is 12.6. The molecule has 0 radical (unpaired) electrons. The smallest absolute Gasteiger partial charge is 0.306 e. The van der Waals surface area contributed by atoms with Gasteiger partial charge in [0.2, 0.25) is 0 Å². The monoisotopic (exact) mass is 1320 g/mol. The summed E-state index contributed by atoms with van der Waals surface area (Å²) in [6.45, 7) is 4.08. The molecule has 95 heavy (non-hydrogen) atoms. The molecule has 0 aromatic rings. The van der Waals surface area contributed by atoms with Gasteiger partial charge in [-0.2, -0.15) is 0 Å². The van der Waals surface area contributed by atoms with Gasteiger partial charge < -0.3 is 14.6 Å². The summed E-state index contributed by atoms with van der Waals surface area (Å²) in [6.07, 6.45) is 123. The Morgan fingerprint density at radius 1 is 0.253 bits per heavy atom. The first-order valence-corrected chi connectivity index (χ1v) is 41.9. The van der Waals surface area contributed by atoms with E-state index in [0.29, 0.717) is 12.8 Å². The number of hydrogen-bond acceptors (Lipinski definition) is 5. The van der Waals surface area contributed by atoms with Crippen LogP contribution in [0.15, 0.2) is 109 Å². The summed E-state index contributed by atoms with van der Waals surface area (Å²) in [5, 5.41) is 9.74. The molecule has 1 N–H and O–H groups in total. The Balaban J connectivity index is 3.43. The van der Waals surface area contributed by atoms with Crippen LogP contribution in [-0.4, -0.2) is 36.4 Å². The van der Waals surface area contributed by atoms with E-state index in [2.05, 4.69) is 123 Å². The maximum atomic E-state index is 12.4. The second-order valence-corrected chi connectivity index (χ2v) is 28.2. The Hall–Kier alpha value is -3.44. The fraction of sp³-hybridized carbons (Fsp3) is 0.778. The zero-order valence-corrected chi connectivity index (χ0v) is 63.4. The van der Waals surface area contributed by atoms with Gasteiger partial charge in [0, 0.05) is 12.8 Å². The summed E-state index contributed by atoms with van der Waals surface area (Å²) in [5.41, 5.74) is 0. The second kappa shape index (κ2) is 84.8. The molecule has 0 fully saturated rings. The van der Waals surface area contributed by atoms with Crippen molar-refractivity contribution in [3.05, 3.63) is 109 Å². The Labute approximate surface area is 592 Å². The third-order valence-electron chi connectivity index (χ3n) is 18.8. The maximum Gasteiger partial charge on any atom is 0.306 e. The summed E-state index contributed by atoms with van der Waals surface area (Å²) < 4.78 is 10.8. The van der Waals surface area contributed by atoms with Gasteiger partial charge in [-0.3, -0.25) is 9.59 Å². The van der Waals surface area contributed by atoms with Crippen molar-refractivity contribution in [2.24, 2.45) is 0 Å². The van der Waals surface area contributed by atoms with Crippen molar-refractivity contribution in [3.63, 3.8) is 0 Å². The van der Waals surface area contributed by atoms with Crippen molar-refractivity contribution in [2.75, 3.05) is 13.2 Å². The highest BCUT2D eigenvalue weighted by molar-refractivity contribution is 5.70. The van der Waals surface area contributed by atoms with Crippen molar-refractivity contribution >= 4 is 11.9 Å². The highest BCUT2D eigenvalue weighted by Crippen LogP contribution is 2.20. The molecule has 0 aliphatic rings. The molecule has 0 aliphatic carbocycles. The summed E-state index contributed by atoms with van der Waals surface area (Å²) >= 11 is 0. The molecule has 0 aromatic carbocycles. The number of hydrogen-bond donors (Lipinski definition) is 1. The molecule has 5 heteroatoms. The van der Waals surface area contributed by atoms with Crippen LogP contribution in [0.5, 0.6) is 0 Å². The third kappa shape index (κ3) is 82.9. The minimum absolute atomic E-state index is 0.0652. The second-order valence-electron chi connectivity index (χ2n) is 28.2. The van der Waals surface area contributed by atoms with Crippen LogP contribution in [0.3, 0.4) is 0 Å². The quantitative estimate of drug-likeness (QED) is 0.0373. The number of rotatable bonds is 78. The summed E-state index contributed by atoms with van der Waals surface area (Å²) in [4.78, 5) is 24.7. The number of unbranched alkanes of at least 4 members (excludes halogenated alkanes) is 52. The lowest BCUT2D eigenvalue weighted by Crippen LogP contribution is -2.28. The average Bonchev–Trinajstić information content (AvgIpc) is 3.80. The third-order valence-corrected chi connectivity index (χ3v) is 18.8. The van der Waals surface area contributed by atoms with Gasteiger partial charge in [0.05, 0.1) is 6.61 Å². The first-order valence-electron chi connectivity index (χ1n) is 41.9. The Bertz CT molecular complexity index is 1790. The first-order chi connectivity index (χ1) is 47.1. The number of aliphatic hydroxyl groups excluding tert-OH is 1. The van der Waals surface area contributed by atoms with E-state index in [1.165, 1.54) is 308 Å². The number of aliphatic hydroxyl groups is 1. The first kappa shape index (κ1) is 91.6. The largest absolute Gasteiger partial charge is 0.462 e. The average molecular weight is 1320 g/mol. The van der Waals surface area contributed by atoms with Gasteiger partial charge in [-0.1, -0.05) is 444 Å². The van der Waals surface area contributed by atoms with E-state index in [1.54, 1.807) is 0 Å². The number of carbonyl (C=O) groups excluding carboxylic acids is 2. The molecule has 0 aromatic heterocycles. The van der Waals surface area contributed by atoms with Gasteiger partial charge in [0.15, 0.2) is 6.10 Å². The lowest BCUT2D eigenvalue weighted by Gasteiger charge is -2.15. The van der Waals surface area contributed by atoms with Crippen LogP contribution in [0, 0.1) is 0 Å². The molecule has 0 bridgehead atoms. The molecule has 0 saturated heterocycles. The molecule has 0 aliphatic heterocycles. The van der Waals surface area contributed by atoms with Gasteiger partial charge in [-0.15, -0.1) is 0 Å². The maximum absolute atomic E-state index is 12.4. The lowest BCUT2D eigenvalue weighted by molar-refractivity contribution is -0.161. The Morgan fingerprint density at radius 3 is 0.684 bits per heavy atom. The minimum Gasteiger partial charge on any atom is -0.462 e. The molecule has 0 rings (SSSR count). The SMILES string of the molecule is CC/C=C\C/C=C\C/C=C\C/C=C\C/C=C\C/C=C\C/C=C\C/C=C\C/C=C\CCCCCCCCCCCCCCCC(=O)OC(CO)COC(=O)CCCCCCCCCCCCCCCCCCCCCCCCCCCCCCCCCCCCCCCCCC. The van der Waals surface area contributed by atoms with E-state index < -0.39 is 6.10 Å². The van der Waals surface area contributed by atoms with E-state index in [9.17, 15) is 14.7 Å². The van der Waals surface area contributed by atoms with Crippen molar-refractivity contribution in [1.82, 2.24) is 0 Å². The molecule has 0 spiro atoms. The molecule has 0 saturated carbocycles. The molecule has 1 unspecified atom stereocenters. The van der Waals surface area contributed by atoms with E-state index in [-0.39, 0.29) is 25.2 Å². The Kier molecular flexibility index (Phi) is 81.7. The highest BCUT2D eigenvalue weighted by Gasteiger charge is 2.16. The van der Waals surface area contributed by atoms with Crippen LogP contribution in [0.2, 0.25) is 0 Å². The summed E-state index contributed by atoms with van der Waals surface area (Å²) in [6, 6.07) is 0. The zero-order valence-electron chi connectivity index (χ0n) is 63.4. The van der Waals surface area contributed by atoms with Gasteiger partial charge in [-0.05, 0) is 83.5 Å². The standard InChI is InChI=1S/C90H160O5/c1-3-5-7-9-11-13-15-17-19-21-23-25-27-29-31-33-35-37-39-41-43-45-47-49-51-53-55-57-59-61-63-65-67-69-71-73-75-77-79-81-83-85-90(93)95-88(86-91)87-94-89(92)84-82-80-78-76-74-72-70-68-66-64-62-60-58-56-54-52-50-48-46-44-42-40-38-36-34-32-30-28-26-24-22-20-18-16-14-12-10-8-6-4-2/h5,7,11,13,17,19,23,25,29,31,35,37,41,43,47,49,53,55,88,91H,3-4,6,8-10,12,14-16,18,20-22,24,26-28,30,32-34,36,38-40,42,44-46,48,50-52,54,56-87H2,1-2H3/b7-5-,13-11-,19-17-,25-23-,31-29-,37-35-,43-41-,49-47-,55-53-. The number of ether oxygens (including phenoxy) is 2. The molecule has 550 valence electrons. The predicted molar refractivity (Wildman–Crippen MR) is 422 cm³/mol.